The van der Waals surface area contributed by atoms with Gasteiger partial charge in [0.2, 0.25) is 0 Å². The summed E-state index contributed by atoms with van der Waals surface area (Å²) in [7, 11) is 0. The zero-order chi connectivity index (χ0) is 9.56. The Morgan fingerprint density at radius 3 is 2.58 bits per heavy atom. The van der Waals surface area contributed by atoms with Crippen molar-refractivity contribution in [1.29, 1.82) is 0 Å². The first-order chi connectivity index (χ1) is 5.57. The number of hydrogen-bond donors (Lipinski definition) is 2. The monoisotopic (exact) mass is 171 g/mol. The van der Waals surface area contributed by atoms with Crippen LogP contribution in [0.1, 0.15) is 27.2 Å². The molecule has 0 heterocycles. The topological polar surface area (TPSA) is 67.5 Å². The predicted octanol–water partition coefficient (Wildman–Crippen LogP) is 1.32. The van der Waals surface area contributed by atoms with E-state index in [-0.39, 0.29) is 0 Å². The predicted molar refractivity (Wildman–Crippen MR) is 49.8 cm³/mol. The highest BCUT2D eigenvalue weighted by Gasteiger charge is 2.07. The largest absolute Gasteiger partial charge is 0.350 e. The maximum Gasteiger partial charge on any atom is 0.332 e. The summed E-state index contributed by atoms with van der Waals surface area (Å²) in [5.41, 5.74) is 7.01. The van der Waals surface area contributed by atoms with E-state index < -0.39 is 6.03 Å². The fourth-order valence-electron chi connectivity index (χ4n) is 0.946. The first-order valence-corrected chi connectivity index (χ1v) is 4.16. The van der Waals surface area contributed by atoms with Crippen LogP contribution in [-0.2, 0) is 0 Å². The van der Waals surface area contributed by atoms with Gasteiger partial charge in [-0.25, -0.2) is 10.2 Å². The maximum atomic E-state index is 10.2. The van der Waals surface area contributed by atoms with Crippen LogP contribution < -0.4 is 11.2 Å². The molecule has 0 aromatic carbocycles. The van der Waals surface area contributed by atoms with E-state index in [1.165, 1.54) is 0 Å². The van der Waals surface area contributed by atoms with E-state index in [0.717, 1.165) is 6.42 Å². The Labute approximate surface area is 73.2 Å². The normalized spacial score (nSPS) is 13.7. The van der Waals surface area contributed by atoms with Gasteiger partial charge in [0.25, 0.3) is 0 Å². The third-order valence-corrected chi connectivity index (χ3v) is 1.77. The second-order valence-corrected chi connectivity index (χ2v) is 3.07. The van der Waals surface area contributed by atoms with Gasteiger partial charge in [-0.3, -0.25) is 0 Å². The number of nitrogens with zero attached hydrogens (tertiary/aromatic N) is 1. The van der Waals surface area contributed by atoms with E-state index in [1.54, 1.807) is 6.21 Å². The van der Waals surface area contributed by atoms with Gasteiger partial charge < -0.3 is 5.73 Å². The molecule has 1 atom stereocenters. The van der Waals surface area contributed by atoms with E-state index >= 15 is 0 Å². The molecule has 4 nitrogen and oxygen atoms in total. The number of carbonyl (C=O) groups is 1. The number of rotatable bonds is 4. The quantitative estimate of drug-likeness (QED) is 0.486. The summed E-state index contributed by atoms with van der Waals surface area (Å²) in [5, 5.41) is 3.71. The molecule has 0 unspecified atom stereocenters. The molecule has 0 aromatic heterocycles. The van der Waals surface area contributed by atoms with Crippen molar-refractivity contribution in [3.8, 4) is 0 Å². The Kier molecular flexibility index (Phi) is 5.08. The van der Waals surface area contributed by atoms with Gasteiger partial charge >= 0.3 is 6.03 Å². The van der Waals surface area contributed by atoms with Crippen LogP contribution in [0, 0.1) is 11.8 Å². The lowest BCUT2D eigenvalue weighted by Gasteiger charge is -2.12. The summed E-state index contributed by atoms with van der Waals surface area (Å²) in [6.07, 6.45) is 2.75. The van der Waals surface area contributed by atoms with Gasteiger partial charge in [0.05, 0.1) is 0 Å². The van der Waals surface area contributed by atoms with Crippen LogP contribution in [0.15, 0.2) is 5.10 Å². The fourth-order valence-corrected chi connectivity index (χ4v) is 0.946. The van der Waals surface area contributed by atoms with E-state index in [1.807, 2.05) is 0 Å². The van der Waals surface area contributed by atoms with Gasteiger partial charge in [0.15, 0.2) is 0 Å². The van der Waals surface area contributed by atoms with Gasteiger partial charge in [-0.1, -0.05) is 20.8 Å². The third-order valence-electron chi connectivity index (χ3n) is 1.77. The molecule has 0 radical (unpaired) electrons. The second kappa shape index (κ2) is 5.57. The molecule has 0 bridgehead atoms. The number of nitrogens with one attached hydrogen (secondary N) is 1. The molecule has 2 amide bonds. The Morgan fingerprint density at radius 2 is 2.25 bits per heavy atom. The van der Waals surface area contributed by atoms with Crippen LogP contribution in [0.4, 0.5) is 4.79 Å². The lowest BCUT2D eigenvalue weighted by Crippen LogP contribution is -2.25. The molecule has 0 aliphatic carbocycles. The van der Waals surface area contributed by atoms with Crippen molar-refractivity contribution in [2.45, 2.75) is 27.2 Å². The van der Waals surface area contributed by atoms with E-state index in [4.69, 9.17) is 5.73 Å². The summed E-state index contributed by atoms with van der Waals surface area (Å²) in [6.45, 7) is 6.32. The minimum Gasteiger partial charge on any atom is -0.350 e. The zero-order valence-corrected chi connectivity index (χ0v) is 7.87. The van der Waals surface area contributed by atoms with Gasteiger partial charge in [-0.05, 0) is 18.3 Å². The molecule has 4 heteroatoms. The molecule has 0 spiro atoms. The van der Waals surface area contributed by atoms with Crippen molar-refractivity contribution in [1.82, 2.24) is 5.43 Å². The fraction of sp³-hybridized carbons (Fsp3) is 0.750. The minimum atomic E-state index is -0.621. The lowest BCUT2D eigenvalue weighted by atomic mass is 9.95. The van der Waals surface area contributed by atoms with Crippen molar-refractivity contribution < 1.29 is 4.79 Å². The minimum absolute atomic E-state index is 0.400. The highest BCUT2D eigenvalue weighted by molar-refractivity contribution is 5.73. The molecule has 3 N–H and O–H groups in total. The summed E-state index contributed by atoms with van der Waals surface area (Å²) in [4.78, 5) is 10.2. The summed E-state index contributed by atoms with van der Waals surface area (Å²) >= 11 is 0. The van der Waals surface area contributed by atoms with Crippen LogP contribution in [-0.4, -0.2) is 12.2 Å². The highest BCUT2D eigenvalue weighted by Crippen LogP contribution is 2.11. The Bertz CT molecular complexity index is 166. The molecule has 0 aliphatic rings. The van der Waals surface area contributed by atoms with Gasteiger partial charge in [0.1, 0.15) is 0 Å². The molecule has 0 saturated carbocycles. The van der Waals surface area contributed by atoms with Crippen molar-refractivity contribution in [2.24, 2.45) is 22.7 Å². The van der Waals surface area contributed by atoms with Crippen molar-refractivity contribution in [2.75, 3.05) is 0 Å². The van der Waals surface area contributed by atoms with Gasteiger partial charge in [0, 0.05) is 6.21 Å². The van der Waals surface area contributed by atoms with Crippen LogP contribution in [0.2, 0.25) is 0 Å². The summed E-state index contributed by atoms with van der Waals surface area (Å²) in [5.74, 6) is 0.935. The standard InChI is InChI=1S/C8H17N3O/c1-4-7(6(2)3)5-10-11-8(9)12/h5-7H,4H2,1-3H3,(H3,9,11,12)/b10-5+/t7-/m1/s1. The Morgan fingerprint density at radius 1 is 1.67 bits per heavy atom. The van der Waals surface area contributed by atoms with Crippen LogP contribution in [0.3, 0.4) is 0 Å². The first-order valence-electron chi connectivity index (χ1n) is 4.16. The summed E-state index contributed by atoms with van der Waals surface area (Å²) in [6, 6.07) is -0.621. The molecular weight excluding hydrogens is 154 g/mol. The number of hydrazone groups is 1. The van der Waals surface area contributed by atoms with E-state index in [9.17, 15) is 4.79 Å². The molecule has 70 valence electrons. The summed E-state index contributed by atoms with van der Waals surface area (Å²) < 4.78 is 0. The van der Waals surface area contributed by atoms with Gasteiger partial charge in [-0.15, -0.1) is 0 Å². The molecule has 0 fully saturated rings. The second-order valence-electron chi connectivity index (χ2n) is 3.07. The number of nitrogens with two attached hydrogens (primary N) is 1. The average Bonchev–Trinajstić information content (AvgIpc) is 1.96. The van der Waals surface area contributed by atoms with E-state index in [0.29, 0.717) is 11.8 Å². The molecule has 0 aliphatic heterocycles. The van der Waals surface area contributed by atoms with Crippen molar-refractivity contribution in [3.05, 3.63) is 0 Å². The molecule has 0 aromatic rings. The van der Waals surface area contributed by atoms with Crippen LogP contribution >= 0.6 is 0 Å². The van der Waals surface area contributed by atoms with Crippen molar-refractivity contribution >= 4 is 12.2 Å². The van der Waals surface area contributed by atoms with Crippen molar-refractivity contribution in [3.63, 3.8) is 0 Å². The third kappa shape index (κ3) is 4.71. The first kappa shape index (κ1) is 10.9. The number of hydrogen-bond acceptors (Lipinski definition) is 2. The van der Waals surface area contributed by atoms with Gasteiger partial charge in [-0.2, -0.15) is 5.10 Å². The number of carbonyl (C=O) groups excluding carboxylic acids is 1. The number of urea groups is 1. The molecule has 0 saturated heterocycles. The number of primary amides is 1. The SMILES string of the molecule is CC[C@H](/C=N/NC(N)=O)C(C)C. The Hall–Kier alpha value is -1.06. The molecular formula is C8H17N3O. The molecule has 12 heavy (non-hydrogen) atoms. The Balaban J connectivity index is 3.84. The van der Waals surface area contributed by atoms with Crippen LogP contribution in [0.5, 0.6) is 0 Å². The van der Waals surface area contributed by atoms with E-state index in [2.05, 4.69) is 31.3 Å². The smallest absolute Gasteiger partial charge is 0.332 e. The maximum absolute atomic E-state index is 10.2. The molecule has 0 rings (SSSR count). The van der Waals surface area contributed by atoms with Crippen LogP contribution in [0.25, 0.3) is 0 Å². The number of amides is 2. The highest BCUT2D eigenvalue weighted by atomic mass is 16.2. The average molecular weight is 171 g/mol. The lowest BCUT2D eigenvalue weighted by molar-refractivity contribution is 0.249. The zero-order valence-electron chi connectivity index (χ0n) is 7.87.